The minimum atomic E-state index is -4.48. The predicted molar refractivity (Wildman–Crippen MR) is 79.4 cm³/mol. The number of anilines is 1. The van der Waals surface area contributed by atoms with E-state index in [2.05, 4.69) is 10.2 Å². The summed E-state index contributed by atoms with van der Waals surface area (Å²) in [6.45, 7) is 0. The molecule has 2 rings (SSSR count). The number of hydrogen-bond donors (Lipinski definition) is 0. The molecule has 0 radical (unpaired) electrons. The molecule has 6 nitrogen and oxygen atoms in total. The van der Waals surface area contributed by atoms with Crippen LogP contribution in [0, 0.1) is 0 Å². The Kier molecular flexibility index (Phi) is 6.70. The van der Waals surface area contributed by atoms with Crippen molar-refractivity contribution >= 4 is 27.2 Å². The van der Waals surface area contributed by atoms with E-state index in [4.69, 9.17) is 0 Å². The first-order valence-electron chi connectivity index (χ1n) is 6.11. The van der Waals surface area contributed by atoms with Crippen LogP contribution in [0.3, 0.4) is 0 Å². The molecule has 0 aliphatic heterocycles. The van der Waals surface area contributed by atoms with Crippen molar-refractivity contribution in [3.05, 3.63) is 48.5 Å². The smallest absolute Gasteiger partial charge is 0.744 e. The Morgan fingerprint density at radius 1 is 0.955 bits per heavy atom. The fourth-order valence-electron chi connectivity index (χ4n) is 1.63. The van der Waals surface area contributed by atoms with Crippen molar-refractivity contribution in [1.82, 2.24) is 0 Å². The van der Waals surface area contributed by atoms with Crippen molar-refractivity contribution in [1.29, 1.82) is 0 Å². The van der Waals surface area contributed by atoms with Crippen LogP contribution in [-0.4, -0.2) is 27.1 Å². The van der Waals surface area contributed by atoms with Crippen LogP contribution in [0.4, 0.5) is 17.1 Å². The average molecular weight is 327 g/mol. The monoisotopic (exact) mass is 327 g/mol. The van der Waals surface area contributed by atoms with Gasteiger partial charge in [0, 0.05) is 19.8 Å². The molecule has 0 unspecified atom stereocenters. The van der Waals surface area contributed by atoms with E-state index in [0.717, 1.165) is 5.69 Å². The summed E-state index contributed by atoms with van der Waals surface area (Å²) in [5.41, 5.74) is 1.98. The van der Waals surface area contributed by atoms with Crippen LogP contribution < -0.4 is 34.5 Å². The van der Waals surface area contributed by atoms with Gasteiger partial charge >= 0.3 is 29.6 Å². The summed E-state index contributed by atoms with van der Waals surface area (Å²) >= 11 is 0. The Bertz CT molecular complexity index is 759. The van der Waals surface area contributed by atoms with Crippen LogP contribution in [-0.2, 0) is 10.1 Å². The third-order valence-electron chi connectivity index (χ3n) is 2.75. The number of benzene rings is 2. The van der Waals surface area contributed by atoms with Gasteiger partial charge in [-0.25, -0.2) is 8.42 Å². The van der Waals surface area contributed by atoms with E-state index in [1.807, 2.05) is 31.1 Å². The molecule has 0 aliphatic rings. The summed E-state index contributed by atoms with van der Waals surface area (Å²) in [4.78, 5) is 1.64. The zero-order valence-corrected chi connectivity index (χ0v) is 15.4. The number of rotatable bonds is 4. The Labute approximate surface area is 151 Å². The maximum atomic E-state index is 10.9. The fourth-order valence-corrected chi connectivity index (χ4v) is 2.14. The van der Waals surface area contributed by atoms with Crippen molar-refractivity contribution in [2.75, 3.05) is 19.0 Å². The Balaban J connectivity index is 0.00000242. The molecule has 0 amide bonds. The van der Waals surface area contributed by atoms with Crippen molar-refractivity contribution in [2.24, 2.45) is 10.2 Å². The molecule has 0 saturated carbocycles. The third kappa shape index (κ3) is 5.19. The van der Waals surface area contributed by atoms with Gasteiger partial charge in [-0.3, -0.25) is 0 Å². The van der Waals surface area contributed by atoms with Crippen molar-refractivity contribution in [3.63, 3.8) is 0 Å². The van der Waals surface area contributed by atoms with E-state index in [0.29, 0.717) is 11.4 Å². The maximum Gasteiger partial charge on any atom is 1.00 e. The molecule has 0 atom stereocenters. The Morgan fingerprint density at radius 3 is 2.09 bits per heavy atom. The van der Waals surface area contributed by atoms with E-state index < -0.39 is 10.1 Å². The molecule has 110 valence electrons. The van der Waals surface area contributed by atoms with Gasteiger partial charge in [-0.1, -0.05) is 6.07 Å². The van der Waals surface area contributed by atoms with Crippen LogP contribution in [0.15, 0.2) is 63.7 Å². The van der Waals surface area contributed by atoms with E-state index in [1.165, 1.54) is 18.2 Å². The second-order valence-corrected chi connectivity index (χ2v) is 5.94. The van der Waals surface area contributed by atoms with Crippen molar-refractivity contribution < 1.29 is 42.5 Å². The topological polar surface area (TPSA) is 85.2 Å². The molecule has 0 aromatic heterocycles. The summed E-state index contributed by atoms with van der Waals surface area (Å²) in [5, 5.41) is 7.94. The van der Waals surface area contributed by atoms with Gasteiger partial charge in [0.25, 0.3) is 0 Å². The summed E-state index contributed by atoms with van der Waals surface area (Å²) in [6.07, 6.45) is 0. The van der Waals surface area contributed by atoms with Crippen LogP contribution in [0.1, 0.15) is 0 Å². The zero-order chi connectivity index (χ0) is 15.5. The molecule has 0 fully saturated rings. The SMILES string of the molecule is CN(C)c1ccc(N=Nc2cccc(S(=O)(=O)[O-])c2)cc1.[Na+]. The Hall–Kier alpha value is -1.25. The summed E-state index contributed by atoms with van der Waals surface area (Å²) < 4.78 is 32.8. The first kappa shape index (κ1) is 18.8. The minimum Gasteiger partial charge on any atom is -0.744 e. The zero-order valence-electron chi connectivity index (χ0n) is 12.6. The second kappa shape index (κ2) is 7.85. The molecule has 0 heterocycles. The van der Waals surface area contributed by atoms with E-state index in [1.54, 1.807) is 18.2 Å². The van der Waals surface area contributed by atoms with Crippen molar-refractivity contribution in [3.8, 4) is 0 Å². The van der Waals surface area contributed by atoms with Gasteiger partial charge in [0.05, 0.1) is 16.3 Å². The summed E-state index contributed by atoms with van der Waals surface area (Å²) in [6, 6.07) is 12.8. The van der Waals surface area contributed by atoms with Gasteiger partial charge in [0.2, 0.25) is 0 Å². The van der Waals surface area contributed by atoms with Gasteiger partial charge in [-0.15, -0.1) is 0 Å². The molecular weight excluding hydrogens is 313 g/mol. The van der Waals surface area contributed by atoms with E-state index in [-0.39, 0.29) is 34.5 Å². The summed E-state index contributed by atoms with van der Waals surface area (Å²) in [5.74, 6) is 0. The largest absolute Gasteiger partial charge is 1.00 e. The molecule has 0 spiro atoms. The Morgan fingerprint density at radius 2 is 1.55 bits per heavy atom. The summed E-state index contributed by atoms with van der Waals surface area (Å²) in [7, 11) is -0.609. The molecule has 2 aromatic carbocycles. The quantitative estimate of drug-likeness (QED) is 0.452. The average Bonchev–Trinajstić information content (AvgIpc) is 2.45. The van der Waals surface area contributed by atoms with Gasteiger partial charge in [-0.05, 0) is 42.5 Å². The fraction of sp³-hybridized carbons (Fsp3) is 0.143. The molecule has 0 bridgehead atoms. The maximum absolute atomic E-state index is 10.9. The van der Waals surface area contributed by atoms with Gasteiger partial charge in [-0.2, -0.15) is 10.2 Å². The molecule has 0 aliphatic carbocycles. The van der Waals surface area contributed by atoms with Gasteiger partial charge in [0.1, 0.15) is 10.1 Å². The van der Waals surface area contributed by atoms with Crippen molar-refractivity contribution in [2.45, 2.75) is 4.90 Å². The van der Waals surface area contributed by atoms with Crippen LogP contribution in [0.5, 0.6) is 0 Å². The first-order chi connectivity index (χ1) is 9.86. The van der Waals surface area contributed by atoms with Gasteiger partial charge < -0.3 is 9.45 Å². The van der Waals surface area contributed by atoms with Crippen LogP contribution >= 0.6 is 0 Å². The molecule has 8 heteroatoms. The van der Waals surface area contributed by atoms with E-state index >= 15 is 0 Å². The molecule has 2 aromatic rings. The molecular formula is C14H14N3NaO3S. The standard InChI is InChI=1S/C14H15N3O3S.Na/c1-17(2)13-8-6-11(7-9-13)15-16-12-4-3-5-14(10-12)21(18,19)20;/h3-10H,1-2H3,(H,18,19,20);/q;+1/p-1. The second-order valence-electron chi connectivity index (χ2n) is 4.56. The number of nitrogens with zero attached hydrogens (tertiary/aromatic N) is 3. The van der Waals surface area contributed by atoms with Crippen LogP contribution in [0.2, 0.25) is 0 Å². The first-order valence-corrected chi connectivity index (χ1v) is 7.52. The van der Waals surface area contributed by atoms with Gasteiger partial charge in [0.15, 0.2) is 0 Å². The molecule has 0 N–H and O–H groups in total. The normalized spacial score (nSPS) is 11.2. The molecule has 22 heavy (non-hydrogen) atoms. The number of azo groups is 1. The van der Waals surface area contributed by atoms with Crippen LogP contribution in [0.25, 0.3) is 0 Å². The predicted octanol–water partition coefficient (Wildman–Crippen LogP) is 0.0761. The van der Waals surface area contributed by atoms with E-state index in [9.17, 15) is 13.0 Å². The third-order valence-corrected chi connectivity index (χ3v) is 3.58. The molecule has 0 saturated heterocycles. The number of hydrogen-bond acceptors (Lipinski definition) is 6. The minimum absolute atomic E-state index is 0.